The summed E-state index contributed by atoms with van der Waals surface area (Å²) in [7, 11) is 1.74. The average Bonchev–Trinajstić information content (AvgIpc) is 3.21. The lowest BCUT2D eigenvalue weighted by Gasteiger charge is -2.11. The molecule has 0 radical (unpaired) electrons. The van der Waals surface area contributed by atoms with Gasteiger partial charge in [0.25, 0.3) is 5.91 Å². The zero-order valence-corrected chi connectivity index (χ0v) is 17.6. The highest BCUT2D eigenvalue weighted by Gasteiger charge is 2.10. The third-order valence-electron chi connectivity index (χ3n) is 3.12. The molecule has 2 aromatic rings. The fourth-order valence-electron chi connectivity index (χ4n) is 1.94. The third kappa shape index (κ3) is 6.73. The number of halogens is 1. The normalized spacial score (nSPS) is 10.8. The molecule has 0 aromatic carbocycles. The summed E-state index contributed by atoms with van der Waals surface area (Å²) in [4.78, 5) is 22.2. The first-order valence-corrected chi connectivity index (χ1v) is 9.12. The van der Waals surface area contributed by atoms with Gasteiger partial charge in [-0.2, -0.15) is 0 Å². The van der Waals surface area contributed by atoms with Gasteiger partial charge >= 0.3 is 0 Å². The minimum absolute atomic E-state index is 0. The molecule has 3 N–H and O–H groups in total. The van der Waals surface area contributed by atoms with Gasteiger partial charge in [-0.05, 0) is 24.8 Å². The second kappa shape index (κ2) is 11.4. The van der Waals surface area contributed by atoms with E-state index in [1.807, 2.05) is 6.92 Å². The van der Waals surface area contributed by atoms with Crippen LogP contribution >= 0.6 is 46.7 Å². The lowest BCUT2D eigenvalue weighted by Crippen LogP contribution is -2.42. The molecule has 0 aliphatic heterocycles. The number of carbonyl (C=O) groups excluding carboxylic acids is 1. The molecule has 2 aromatic heterocycles. The van der Waals surface area contributed by atoms with Crippen molar-refractivity contribution in [3.05, 3.63) is 38.5 Å². The molecular formula is C15H22IN5OS2. The van der Waals surface area contributed by atoms with Crippen molar-refractivity contribution in [2.75, 3.05) is 26.7 Å². The third-order valence-corrected chi connectivity index (χ3v) is 4.99. The Kier molecular flexibility index (Phi) is 9.88. The van der Waals surface area contributed by atoms with Crippen molar-refractivity contribution in [1.82, 2.24) is 20.9 Å². The predicted molar refractivity (Wildman–Crippen MR) is 112 cm³/mol. The van der Waals surface area contributed by atoms with Crippen molar-refractivity contribution >= 4 is 58.5 Å². The minimum Gasteiger partial charge on any atom is -0.356 e. The van der Waals surface area contributed by atoms with Crippen LogP contribution in [0.2, 0.25) is 0 Å². The van der Waals surface area contributed by atoms with Crippen molar-refractivity contribution in [1.29, 1.82) is 0 Å². The van der Waals surface area contributed by atoms with Crippen molar-refractivity contribution < 1.29 is 4.79 Å². The van der Waals surface area contributed by atoms with Gasteiger partial charge in [0.15, 0.2) is 5.96 Å². The summed E-state index contributed by atoms with van der Waals surface area (Å²) in [6, 6.07) is 4.18. The number of aromatic nitrogens is 1. The Morgan fingerprint density at radius 1 is 1.21 bits per heavy atom. The van der Waals surface area contributed by atoms with Gasteiger partial charge in [-0.1, -0.05) is 6.07 Å². The van der Waals surface area contributed by atoms with Gasteiger partial charge in [0.1, 0.15) is 4.88 Å². The summed E-state index contributed by atoms with van der Waals surface area (Å²) in [5.74, 6) is 0.664. The lowest BCUT2D eigenvalue weighted by molar-refractivity contribution is 0.0957. The van der Waals surface area contributed by atoms with E-state index in [2.05, 4.69) is 43.4 Å². The number of amides is 1. The topological polar surface area (TPSA) is 78.4 Å². The van der Waals surface area contributed by atoms with Crippen LogP contribution < -0.4 is 16.0 Å². The van der Waals surface area contributed by atoms with Gasteiger partial charge in [-0.25, -0.2) is 4.98 Å². The average molecular weight is 479 g/mol. The highest BCUT2D eigenvalue weighted by atomic mass is 127. The molecule has 6 nitrogen and oxygen atoms in total. The molecule has 0 unspecified atom stereocenters. The van der Waals surface area contributed by atoms with E-state index in [1.54, 1.807) is 23.9 Å². The Bertz CT molecular complexity index is 642. The largest absolute Gasteiger partial charge is 0.356 e. The molecule has 2 heterocycles. The first-order valence-electron chi connectivity index (χ1n) is 7.36. The highest BCUT2D eigenvalue weighted by molar-refractivity contribution is 14.0. The van der Waals surface area contributed by atoms with Crippen LogP contribution in [0, 0.1) is 6.92 Å². The van der Waals surface area contributed by atoms with Crippen LogP contribution in [0.4, 0.5) is 0 Å². The van der Waals surface area contributed by atoms with Crippen molar-refractivity contribution in [3.63, 3.8) is 0 Å². The number of nitrogens with one attached hydrogen (secondary N) is 3. The van der Waals surface area contributed by atoms with Crippen LogP contribution in [0.5, 0.6) is 0 Å². The number of aryl methyl sites for hydroxylation is 1. The van der Waals surface area contributed by atoms with Gasteiger partial charge in [0, 0.05) is 31.6 Å². The van der Waals surface area contributed by atoms with Crippen LogP contribution in [0.3, 0.4) is 0 Å². The van der Waals surface area contributed by atoms with Crippen LogP contribution in [0.25, 0.3) is 0 Å². The fourth-order valence-corrected chi connectivity index (χ4v) is 3.36. The molecule has 0 atom stereocenters. The minimum atomic E-state index is -0.0764. The Labute approximate surface area is 167 Å². The number of carbonyl (C=O) groups is 1. The quantitative estimate of drug-likeness (QED) is 0.247. The number of guanidine groups is 1. The van der Waals surface area contributed by atoms with E-state index >= 15 is 0 Å². The Hall–Kier alpha value is -1.20. The van der Waals surface area contributed by atoms with Crippen LogP contribution in [0.1, 0.15) is 20.2 Å². The number of aliphatic imine (C=N–C) groups is 1. The standard InChI is InChI=1S/C15H21N5OS2.HI/c1-11-13(23-10-20-11)14(21)17-7-8-19-15(16-2)18-6-5-12-4-3-9-22-12;/h3-4,9-10H,5-8H2,1-2H3,(H,17,21)(H2,16,18,19);1H. The number of hydrogen-bond acceptors (Lipinski definition) is 5. The van der Waals surface area contributed by atoms with Crippen LogP contribution in [-0.4, -0.2) is 43.5 Å². The number of hydrogen-bond donors (Lipinski definition) is 3. The smallest absolute Gasteiger partial charge is 0.263 e. The van der Waals surface area contributed by atoms with Gasteiger partial charge in [-0.3, -0.25) is 9.79 Å². The summed E-state index contributed by atoms with van der Waals surface area (Å²) in [6.07, 6.45) is 0.972. The van der Waals surface area contributed by atoms with E-state index in [9.17, 15) is 4.79 Å². The highest BCUT2D eigenvalue weighted by Crippen LogP contribution is 2.11. The maximum atomic E-state index is 11.9. The van der Waals surface area contributed by atoms with Crippen molar-refractivity contribution in [2.45, 2.75) is 13.3 Å². The van der Waals surface area contributed by atoms with Gasteiger partial charge in [-0.15, -0.1) is 46.7 Å². The molecule has 0 saturated carbocycles. The molecule has 2 rings (SSSR count). The fraction of sp³-hybridized carbons (Fsp3) is 0.400. The van der Waals surface area contributed by atoms with E-state index < -0.39 is 0 Å². The zero-order valence-electron chi connectivity index (χ0n) is 13.7. The predicted octanol–water partition coefficient (Wildman–Crippen LogP) is 2.27. The van der Waals surface area contributed by atoms with E-state index in [4.69, 9.17) is 0 Å². The van der Waals surface area contributed by atoms with E-state index in [0.29, 0.717) is 18.0 Å². The molecule has 0 saturated heterocycles. The molecule has 1 amide bonds. The zero-order chi connectivity index (χ0) is 16.5. The van der Waals surface area contributed by atoms with Crippen molar-refractivity contribution in [3.8, 4) is 0 Å². The molecule has 0 aliphatic carbocycles. The maximum Gasteiger partial charge on any atom is 0.263 e. The van der Waals surface area contributed by atoms with E-state index in [0.717, 1.165) is 24.6 Å². The summed E-state index contributed by atoms with van der Waals surface area (Å²) >= 11 is 3.11. The number of thiazole rings is 1. The first-order chi connectivity index (χ1) is 11.2. The van der Waals surface area contributed by atoms with Crippen molar-refractivity contribution in [2.24, 2.45) is 4.99 Å². The maximum absolute atomic E-state index is 11.9. The van der Waals surface area contributed by atoms with E-state index in [-0.39, 0.29) is 29.9 Å². The molecular weight excluding hydrogens is 457 g/mol. The molecule has 24 heavy (non-hydrogen) atoms. The Morgan fingerprint density at radius 2 is 1.96 bits per heavy atom. The first kappa shape index (κ1) is 20.8. The van der Waals surface area contributed by atoms with Crippen LogP contribution in [0.15, 0.2) is 28.0 Å². The van der Waals surface area contributed by atoms with Gasteiger partial charge < -0.3 is 16.0 Å². The number of thiophene rings is 1. The molecule has 0 bridgehead atoms. The monoisotopic (exact) mass is 479 g/mol. The number of nitrogens with zero attached hydrogens (tertiary/aromatic N) is 2. The second-order valence-corrected chi connectivity index (χ2v) is 6.66. The van der Waals surface area contributed by atoms with Gasteiger partial charge in [0.2, 0.25) is 0 Å². The molecule has 0 spiro atoms. The summed E-state index contributed by atoms with van der Waals surface area (Å²) in [5, 5.41) is 11.4. The van der Waals surface area contributed by atoms with E-state index in [1.165, 1.54) is 16.2 Å². The Morgan fingerprint density at radius 3 is 2.58 bits per heavy atom. The van der Waals surface area contributed by atoms with Crippen LogP contribution in [-0.2, 0) is 6.42 Å². The molecule has 0 fully saturated rings. The summed E-state index contributed by atoms with van der Waals surface area (Å²) in [5.41, 5.74) is 2.45. The number of rotatable bonds is 7. The second-order valence-electron chi connectivity index (χ2n) is 4.78. The Balaban J connectivity index is 0.00000288. The SMILES string of the molecule is CN=C(NCCNC(=O)c1scnc1C)NCCc1cccs1.I. The summed E-state index contributed by atoms with van der Waals surface area (Å²) < 4.78 is 0. The van der Waals surface area contributed by atoms with Gasteiger partial charge in [0.05, 0.1) is 11.2 Å². The lowest BCUT2D eigenvalue weighted by atomic mass is 10.3. The molecule has 0 aliphatic rings. The summed E-state index contributed by atoms with van der Waals surface area (Å²) in [6.45, 7) is 3.81. The molecule has 9 heteroatoms. The molecule has 132 valence electrons.